The Kier molecular flexibility index (Phi) is 6.99. The van der Waals surface area contributed by atoms with Crippen molar-refractivity contribution in [1.29, 1.82) is 0 Å². The van der Waals surface area contributed by atoms with E-state index in [-0.39, 0.29) is 22.7 Å². The number of imidazole rings is 1. The van der Waals surface area contributed by atoms with Gasteiger partial charge in [0, 0.05) is 23.9 Å². The van der Waals surface area contributed by atoms with Gasteiger partial charge in [-0.3, -0.25) is 9.20 Å². The number of β-lactam (4-membered cyclic amide) rings is 1. The number of aromatic nitrogens is 2. The van der Waals surface area contributed by atoms with Crippen molar-refractivity contribution in [3.63, 3.8) is 0 Å². The molecule has 3 aliphatic rings. The fourth-order valence-corrected chi connectivity index (χ4v) is 7.95. The number of hydrogen-bond donors (Lipinski definition) is 1. The normalized spacial score (nSPS) is 24.8. The second-order valence-electron chi connectivity index (χ2n) is 9.97. The van der Waals surface area contributed by atoms with Gasteiger partial charge in [0.15, 0.2) is 14.9 Å². The summed E-state index contributed by atoms with van der Waals surface area (Å²) in [6.07, 6.45) is 6.56. The molecule has 4 heterocycles. The van der Waals surface area contributed by atoms with Crippen molar-refractivity contribution in [3.05, 3.63) is 23.1 Å². The Morgan fingerprint density at radius 2 is 1.95 bits per heavy atom. The summed E-state index contributed by atoms with van der Waals surface area (Å²) < 4.78 is 41.3. The Balaban J connectivity index is 1.40. The van der Waals surface area contributed by atoms with E-state index in [1.165, 1.54) is 18.2 Å². The summed E-state index contributed by atoms with van der Waals surface area (Å²) >= 11 is 1.12. The summed E-state index contributed by atoms with van der Waals surface area (Å²) in [4.78, 5) is 44.5. The molecule has 1 aliphatic carbocycles. The average Bonchev–Trinajstić information content (AvgIpc) is 3.48. The molecule has 4 atom stereocenters. The van der Waals surface area contributed by atoms with Crippen LogP contribution in [0, 0.1) is 11.8 Å². The minimum atomic E-state index is -3.60. The molecule has 2 aromatic rings. The first-order valence-corrected chi connectivity index (χ1v) is 15.1. The van der Waals surface area contributed by atoms with E-state index in [2.05, 4.69) is 4.98 Å². The summed E-state index contributed by atoms with van der Waals surface area (Å²) in [5.41, 5.74) is 0.460. The average molecular weight is 568 g/mol. The highest BCUT2D eigenvalue weighted by Crippen LogP contribution is 2.51. The van der Waals surface area contributed by atoms with Gasteiger partial charge in [-0.2, -0.15) is 0 Å². The zero-order valence-corrected chi connectivity index (χ0v) is 22.8. The molecule has 0 bridgehead atoms. The zero-order valence-electron chi connectivity index (χ0n) is 21.2. The highest BCUT2D eigenvalue weighted by molar-refractivity contribution is 7.91. The van der Waals surface area contributed by atoms with Crippen LogP contribution in [0.2, 0.25) is 0 Å². The molecule has 1 saturated heterocycles. The lowest BCUT2D eigenvalue weighted by atomic mass is 9.77. The maximum atomic E-state index is 13.3. The topological polar surface area (TPSA) is 154 Å². The molecule has 0 unspecified atom stereocenters. The lowest BCUT2D eigenvalue weighted by Crippen LogP contribution is -2.63. The van der Waals surface area contributed by atoms with Crippen LogP contribution in [0.3, 0.4) is 0 Å². The number of aliphatic hydroxyl groups excluding tert-OH is 1. The van der Waals surface area contributed by atoms with Gasteiger partial charge in [0.05, 0.1) is 22.9 Å². The predicted octanol–water partition coefficient (Wildman–Crippen LogP) is 2.35. The summed E-state index contributed by atoms with van der Waals surface area (Å²) in [6, 6.07) is -0.480. The van der Waals surface area contributed by atoms with Crippen LogP contribution in [0.4, 0.5) is 4.79 Å². The fourth-order valence-electron chi connectivity index (χ4n) is 5.59. The number of esters is 1. The molecule has 5 rings (SSSR count). The van der Waals surface area contributed by atoms with E-state index in [4.69, 9.17) is 14.2 Å². The van der Waals surface area contributed by atoms with Gasteiger partial charge in [0.25, 0.3) is 0 Å². The summed E-state index contributed by atoms with van der Waals surface area (Å²) in [5, 5.41) is 10.1. The number of amides is 1. The van der Waals surface area contributed by atoms with Gasteiger partial charge >= 0.3 is 12.1 Å². The van der Waals surface area contributed by atoms with Gasteiger partial charge in [-0.05, 0) is 32.6 Å². The maximum absolute atomic E-state index is 13.3. The lowest BCUT2D eigenvalue weighted by molar-refractivity contribution is -0.167. The van der Waals surface area contributed by atoms with Crippen molar-refractivity contribution in [1.82, 2.24) is 14.3 Å². The van der Waals surface area contributed by atoms with Crippen LogP contribution in [0.15, 0.2) is 23.2 Å². The number of nitrogens with zero attached hydrogens (tertiary/aromatic N) is 3. The van der Waals surface area contributed by atoms with Gasteiger partial charge in [-0.15, -0.1) is 11.3 Å². The highest BCUT2D eigenvalue weighted by atomic mass is 32.2. The van der Waals surface area contributed by atoms with Crippen LogP contribution in [0.1, 0.15) is 50.8 Å². The second kappa shape index (κ2) is 9.97. The molecule has 206 valence electrons. The first-order chi connectivity index (χ1) is 18.0. The molecule has 0 radical (unpaired) electrons. The number of thiazole rings is 1. The van der Waals surface area contributed by atoms with Crippen LogP contribution in [0.25, 0.3) is 10.4 Å². The van der Waals surface area contributed by atoms with Crippen molar-refractivity contribution >= 4 is 49.6 Å². The molecule has 2 fully saturated rings. The van der Waals surface area contributed by atoms with Crippen LogP contribution in [-0.2, 0) is 33.6 Å². The monoisotopic (exact) mass is 567 g/mol. The Morgan fingerprint density at radius 1 is 1.24 bits per heavy atom. The zero-order chi connectivity index (χ0) is 27.4. The summed E-state index contributed by atoms with van der Waals surface area (Å²) in [7, 11) is -3.60. The smallest absolute Gasteiger partial charge is 0.431 e. The largest absolute Gasteiger partial charge is 0.511 e. The molecule has 14 heteroatoms. The maximum Gasteiger partial charge on any atom is 0.511 e. The fraction of sp³-hybridized carbons (Fsp3) is 0.583. The molecular formula is C24H29N3O9S2. The molecule has 1 saturated carbocycles. The molecule has 38 heavy (non-hydrogen) atoms. The SMILES string of the molecule is C[C@@H](O)[C@H]1C(=O)N2C(C(=O)OCOC(=O)OC3CCCCC3)=C(c3cn4cnc(S(C)(=O)=O)c4s3)[C@H](C)[C@H]12. The third-order valence-corrected chi connectivity index (χ3v) is 9.62. The first-order valence-electron chi connectivity index (χ1n) is 12.4. The van der Waals surface area contributed by atoms with E-state index >= 15 is 0 Å². The van der Waals surface area contributed by atoms with Crippen molar-refractivity contribution in [2.45, 2.75) is 69.2 Å². The number of sulfone groups is 1. The number of aliphatic hydroxyl groups is 1. The number of carbonyl (C=O) groups is 3. The molecule has 1 amide bonds. The quantitative estimate of drug-likeness (QED) is 0.300. The van der Waals surface area contributed by atoms with Crippen molar-refractivity contribution in [2.75, 3.05) is 13.0 Å². The van der Waals surface area contributed by atoms with E-state index in [0.29, 0.717) is 15.3 Å². The van der Waals surface area contributed by atoms with Crippen LogP contribution in [0.5, 0.6) is 0 Å². The number of carbonyl (C=O) groups excluding carboxylic acids is 3. The van der Waals surface area contributed by atoms with Crippen molar-refractivity contribution in [2.24, 2.45) is 11.8 Å². The van der Waals surface area contributed by atoms with Gasteiger partial charge in [0.1, 0.15) is 23.0 Å². The number of rotatable bonds is 7. The molecule has 0 spiro atoms. The lowest BCUT2D eigenvalue weighted by Gasteiger charge is -2.46. The molecule has 2 aromatic heterocycles. The number of fused-ring (bicyclic) bond motifs is 2. The van der Waals surface area contributed by atoms with Crippen molar-refractivity contribution < 1.29 is 42.1 Å². The van der Waals surface area contributed by atoms with Crippen LogP contribution in [-0.4, -0.2) is 77.1 Å². The predicted molar refractivity (Wildman–Crippen MR) is 133 cm³/mol. The Labute approximate surface area is 223 Å². The first kappa shape index (κ1) is 26.6. The van der Waals surface area contributed by atoms with Crippen LogP contribution < -0.4 is 0 Å². The summed E-state index contributed by atoms with van der Waals surface area (Å²) in [5.74, 6) is -2.37. The standard InChI is InChI=1S/C24H29N3O9S2/c1-12-16(15-9-26-10-25-20(22(26)37-15)38(3,32)33)19(27-18(12)17(13(2)28)21(27)29)23(30)34-11-35-24(31)36-14-7-5-4-6-8-14/h9-10,12-14,17-18,28H,4-8,11H2,1-3H3/t12-,13+,17+,18+/m0/s1. The Hall–Kier alpha value is -2.97. The van der Waals surface area contributed by atoms with E-state index in [1.54, 1.807) is 10.6 Å². The van der Waals surface area contributed by atoms with Gasteiger partial charge in [-0.25, -0.2) is 23.0 Å². The Morgan fingerprint density at radius 3 is 2.61 bits per heavy atom. The minimum absolute atomic E-state index is 0.0213. The molecule has 2 aliphatic heterocycles. The van der Waals surface area contributed by atoms with E-state index in [1.807, 2.05) is 6.92 Å². The third kappa shape index (κ3) is 4.58. The van der Waals surface area contributed by atoms with E-state index in [0.717, 1.165) is 49.7 Å². The highest BCUT2D eigenvalue weighted by Gasteiger charge is 2.60. The van der Waals surface area contributed by atoms with Crippen LogP contribution >= 0.6 is 11.3 Å². The van der Waals surface area contributed by atoms with E-state index < -0.39 is 52.7 Å². The Bertz CT molecular complexity index is 1420. The third-order valence-electron chi connectivity index (χ3n) is 7.34. The van der Waals surface area contributed by atoms with Gasteiger partial charge in [-0.1, -0.05) is 13.3 Å². The van der Waals surface area contributed by atoms with E-state index in [9.17, 15) is 27.9 Å². The minimum Gasteiger partial charge on any atom is -0.431 e. The number of hydrogen-bond acceptors (Lipinski definition) is 11. The molecule has 12 nitrogen and oxygen atoms in total. The molecular weight excluding hydrogens is 538 g/mol. The van der Waals surface area contributed by atoms with Crippen molar-refractivity contribution in [3.8, 4) is 0 Å². The second-order valence-corrected chi connectivity index (χ2v) is 12.9. The molecule has 1 N–H and O–H groups in total. The molecule has 0 aromatic carbocycles. The number of ether oxygens (including phenoxy) is 3. The van der Waals surface area contributed by atoms with Gasteiger partial charge < -0.3 is 24.2 Å². The summed E-state index contributed by atoms with van der Waals surface area (Å²) in [6.45, 7) is 2.65. The van der Waals surface area contributed by atoms with Gasteiger partial charge in [0.2, 0.25) is 12.7 Å².